The van der Waals surface area contributed by atoms with Crippen LogP contribution in [0.4, 0.5) is 17.1 Å². The smallest absolute Gasteiger partial charge is 0.0543 e. The van der Waals surface area contributed by atoms with Crippen molar-refractivity contribution in [3.05, 3.63) is 180 Å². The van der Waals surface area contributed by atoms with Crippen molar-refractivity contribution in [3.63, 3.8) is 0 Å². The number of hydrogen-bond donors (Lipinski definition) is 0. The molecule has 2 nitrogen and oxygen atoms in total. The highest BCUT2D eigenvalue weighted by atomic mass is 15.1. The van der Waals surface area contributed by atoms with E-state index in [-0.39, 0.29) is 10.8 Å². The molecular weight excluding hydrogens is 713 g/mol. The van der Waals surface area contributed by atoms with E-state index in [4.69, 9.17) is 0 Å². The molecule has 2 heteroatoms. The van der Waals surface area contributed by atoms with Crippen LogP contribution in [0.25, 0.3) is 49.7 Å². The van der Waals surface area contributed by atoms with Gasteiger partial charge in [-0.1, -0.05) is 116 Å². The molecule has 0 saturated heterocycles. The number of fused-ring (bicyclic) bond motifs is 11. The van der Waals surface area contributed by atoms with E-state index in [0.717, 1.165) is 23.7 Å². The number of aromatic nitrogens is 1. The standard InChI is InChI=1S/C57H48N2/c1-6-17-49-43(12-1)44-27-26-42(35-51(44)57(49)38-31-36-30-37(33-38)34-39(57)32-36)58(54-21-11-18-50-55(54)47-15-2-5-16-48(47)56(50)28-9-10-29-56)40-22-24-41(25-23-40)59-52-19-7-3-13-45(52)46-14-4-8-20-53(46)59/h1-8,11-27,35-39H,9-10,28-34H2. The minimum atomic E-state index is 0.109. The summed E-state index contributed by atoms with van der Waals surface area (Å²) in [5.41, 5.74) is 19.8. The van der Waals surface area contributed by atoms with Crippen LogP contribution >= 0.6 is 0 Å². The van der Waals surface area contributed by atoms with Gasteiger partial charge in [-0.2, -0.15) is 0 Å². The van der Waals surface area contributed by atoms with Crippen LogP contribution in [0.15, 0.2) is 158 Å². The van der Waals surface area contributed by atoms with Gasteiger partial charge in [0.05, 0.1) is 16.7 Å². The Bertz CT molecular complexity index is 2950. The molecule has 7 aliphatic rings. The Kier molecular flexibility index (Phi) is 6.65. The number of rotatable bonds is 4. The van der Waals surface area contributed by atoms with Crippen LogP contribution in [-0.4, -0.2) is 4.57 Å². The van der Waals surface area contributed by atoms with Crippen LogP contribution in [0.3, 0.4) is 0 Å². The number of anilines is 3. The molecule has 59 heavy (non-hydrogen) atoms. The van der Waals surface area contributed by atoms with E-state index >= 15 is 0 Å². The van der Waals surface area contributed by atoms with Crippen LogP contribution in [0.5, 0.6) is 0 Å². The Morgan fingerprint density at radius 1 is 0.458 bits per heavy atom. The summed E-state index contributed by atoms with van der Waals surface area (Å²) in [4.78, 5) is 2.65. The zero-order chi connectivity index (χ0) is 38.5. The van der Waals surface area contributed by atoms with Gasteiger partial charge in [0.1, 0.15) is 0 Å². The fourth-order valence-corrected chi connectivity index (χ4v) is 14.8. The Morgan fingerprint density at radius 2 is 1.03 bits per heavy atom. The average Bonchev–Trinajstić information content (AvgIpc) is 4.04. The summed E-state index contributed by atoms with van der Waals surface area (Å²) in [5.74, 6) is 3.29. The van der Waals surface area contributed by atoms with Crippen molar-refractivity contribution < 1.29 is 0 Å². The lowest BCUT2D eigenvalue weighted by atomic mass is 9.43. The van der Waals surface area contributed by atoms with Crippen molar-refractivity contribution in [2.45, 2.75) is 68.6 Å². The van der Waals surface area contributed by atoms with Gasteiger partial charge in [-0.25, -0.2) is 0 Å². The van der Waals surface area contributed by atoms with Gasteiger partial charge in [0.25, 0.3) is 0 Å². The minimum absolute atomic E-state index is 0.109. The maximum Gasteiger partial charge on any atom is 0.0543 e. The Labute approximate surface area is 347 Å². The second-order valence-electron chi connectivity index (χ2n) is 19.2. The molecule has 0 amide bonds. The Balaban J connectivity index is 0.998. The Hall–Kier alpha value is -5.86. The molecule has 0 radical (unpaired) electrons. The van der Waals surface area contributed by atoms with Gasteiger partial charge in [0.15, 0.2) is 0 Å². The van der Waals surface area contributed by atoms with Crippen LogP contribution < -0.4 is 4.90 Å². The quantitative estimate of drug-likeness (QED) is 0.173. The van der Waals surface area contributed by atoms with E-state index < -0.39 is 0 Å². The van der Waals surface area contributed by atoms with Crippen LogP contribution in [0.2, 0.25) is 0 Å². The molecule has 1 aromatic heterocycles. The third-order valence-corrected chi connectivity index (χ3v) is 16.7. The molecule has 0 unspecified atom stereocenters. The summed E-state index contributed by atoms with van der Waals surface area (Å²) in [6, 6.07) is 61.1. The summed E-state index contributed by atoms with van der Waals surface area (Å²) in [6.45, 7) is 0. The molecule has 0 N–H and O–H groups in total. The summed E-state index contributed by atoms with van der Waals surface area (Å²) in [7, 11) is 0. The lowest BCUT2D eigenvalue weighted by Crippen LogP contribution is -2.55. The lowest BCUT2D eigenvalue weighted by Gasteiger charge is -2.61. The summed E-state index contributed by atoms with van der Waals surface area (Å²) in [6.07, 6.45) is 12.1. The zero-order valence-electron chi connectivity index (χ0n) is 33.6. The monoisotopic (exact) mass is 760 g/mol. The first-order chi connectivity index (χ1) is 29.2. The number of nitrogens with zero attached hydrogens (tertiary/aromatic N) is 2. The van der Waals surface area contributed by atoms with Crippen LogP contribution in [-0.2, 0) is 10.8 Å². The van der Waals surface area contributed by atoms with E-state index in [0.29, 0.717) is 0 Å². The molecule has 0 aliphatic heterocycles. The fraction of sp³-hybridized carbons (Fsp3) is 0.263. The van der Waals surface area contributed by atoms with Crippen LogP contribution in [0, 0.1) is 23.7 Å². The normalized spacial score (nSPS) is 24.9. The van der Waals surface area contributed by atoms with Gasteiger partial charge in [0.2, 0.25) is 0 Å². The van der Waals surface area contributed by atoms with E-state index in [1.54, 1.807) is 16.7 Å². The van der Waals surface area contributed by atoms with Crippen molar-refractivity contribution in [2.24, 2.45) is 23.7 Å². The van der Waals surface area contributed by atoms with Gasteiger partial charge in [0, 0.05) is 44.2 Å². The molecule has 5 saturated carbocycles. The SMILES string of the molecule is c1ccc2c(c1)-c1c(N(c3ccc(-n4c5ccccc5c5ccccc54)cc3)c3ccc4c(c3)C3(c5ccccc5-4)C4CC5CC(C4)CC3C5)cccc1C21CCCC1. The van der Waals surface area contributed by atoms with Gasteiger partial charge < -0.3 is 9.47 Å². The maximum atomic E-state index is 2.68. The molecule has 15 rings (SSSR count). The van der Waals surface area contributed by atoms with Gasteiger partial charge in [-0.3, -0.25) is 0 Å². The van der Waals surface area contributed by atoms with Crippen LogP contribution in [0.1, 0.15) is 80.0 Å². The molecule has 8 aromatic rings. The molecule has 5 fully saturated rings. The third kappa shape index (κ3) is 4.22. The molecule has 0 atom stereocenters. The van der Waals surface area contributed by atoms with Gasteiger partial charge in [-0.05, 0) is 162 Å². The van der Waals surface area contributed by atoms with Crippen molar-refractivity contribution in [1.29, 1.82) is 0 Å². The van der Waals surface area contributed by atoms with E-state index in [9.17, 15) is 0 Å². The molecule has 7 aliphatic carbocycles. The number of para-hydroxylation sites is 2. The molecular formula is C57H48N2. The first-order valence-corrected chi connectivity index (χ1v) is 22.6. The van der Waals surface area contributed by atoms with Crippen molar-refractivity contribution in [3.8, 4) is 27.9 Å². The summed E-state index contributed by atoms with van der Waals surface area (Å²) in [5, 5.41) is 2.59. The highest BCUT2D eigenvalue weighted by Gasteiger charge is 2.61. The van der Waals surface area contributed by atoms with E-state index in [1.807, 2.05) is 0 Å². The maximum absolute atomic E-state index is 2.68. The average molecular weight is 761 g/mol. The number of benzene rings is 7. The molecule has 7 aromatic carbocycles. The predicted molar refractivity (Wildman–Crippen MR) is 243 cm³/mol. The second kappa shape index (κ2) is 11.9. The first-order valence-electron chi connectivity index (χ1n) is 22.6. The predicted octanol–water partition coefficient (Wildman–Crippen LogP) is 14.8. The van der Waals surface area contributed by atoms with Gasteiger partial charge in [-0.15, -0.1) is 0 Å². The third-order valence-electron chi connectivity index (χ3n) is 16.7. The Morgan fingerprint density at radius 3 is 1.75 bits per heavy atom. The second-order valence-corrected chi connectivity index (χ2v) is 19.2. The molecule has 2 spiro atoms. The summed E-state index contributed by atoms with van der Waals surface area (Å²) < 4.78 is 2.45. The minimum Gasteiger partial charge on any atom is -0.310 e. The zero-order valence-corrected chi connectivity index (χ0v) is 33.6. The largest absolute Gasteiger partial charge is 0.310 e. The highest BCUT2D eigenvalue weighted by Crippen LogP contribution is 2.70. The molecule has 4 bridgehead atoms. The van der Waals surface area contributed by atoms with Crippen molar-refractivity contribution >= 4 is 38.9 Å². The summed E-state index contributed by atoms with van der Waals surface area (Å²) >= 11 is 0. The molecule has 286 valence electrons. The van der Waals surface area contributed by atoms with Crippen molar-refractivity contribution in [1.82, 2.24) is 4.57 Å². The van der Waals surface area contributed by atoms with Crippen molar-refractivity contribution in [2.75, 3.05) is 4.90 Å². The molecule has 1 heterocycles. The highest BCUT2D eigenvalue weighted by molar-refractivity contribution is 6.09. The topological polar surface area (TPSA) is 8.17 Å². The van der Waals surface area contributed by atoms with E-state index in [2.05, 4.69) is 167 Å². The number of hydrogen-bond acceptors (Lipinski definition) is 1. The lowest BCUT2D eigenvalue weighted by molar-refractivity contribution is -0.0399. The fourth-order valence-electron chi connectivity index (χ4n) is 14.8. The van der Waals surface area contributed by atoms with Gasteiger partial charge >= 0.3 is 0 Å². The first kappa shape index (κ1) is 33.0. The van der Waals surface area contributed by atoms with E-state index in [1.165, 1.54) is 130 Å².